The summed E-state index contributed by atoms with van der Waals surface area (Å²) in [5, 5.41) is 4.07. The number of nitrogens with zero attached hydrogens (tertiary/aromatic N) is 2. The lowest BCUT2D eigenvalue weighted by Gasteiger charge is -1.95. The monoisotopic (exact) mass is 283 g/mol. The molecule has 0 aliphatic carbocycles. The highest BCUT2D eigenvalue weighted by Gasteiger charge is 2.05. The number of aromatic nitrogens is 2. The third-order valence-corrected chi connectivity index (χ3v) is 3.08. The summed E-state index contributed by atoms with van der Waals surface area (Å²) in [7, 11) is 1.90. The molecule has 0 spiro atoms. The van der Waals surface area contributed by atoms with Crippen LogP contribution in [0.15, 0.2) is 28.7 Å². The zero-order valence-corrected chi connectivity index (χ0v) is 10.6. The highest BCUT2D eigenvalue weighted by Crippen LogP contribution is 2.21. The SMILES string of the molecule is CNCc1nc(-c2cccc(Br)c2)ns1. The van der Waals surface area contributed by atoms with Gasteiger partial charge in [-0.1, -0.05) is 28.1 Å². The molecule has 0 amide bonds. The Kier molecular flexibility index (Phi) is 3.45. The highest BCUT2D eigenvalue weighted by atomic mass is 79.9. The molecule has 1 aromatic carbocycles. The Bertz CT molecular complexity index is 455. The molecule has 2 rings (SSSR count). The van der Waals surface area contributed by atoms with E-state index in [9.17, 15) is 0 Å². The first-order valence-electron chi connectivity index (χ1n) is 4.52. The molecule has 5 heteroatoms. The van der Waals surface area contributed by atoms with Crippen molar-refractivity contribution in [1.29, 1.82) is 0 Å². The summed E-state index contributed by atoms with van der Waals surface area (Å²) in [4.78, 5) is 4.44. The Hall–Kier alpha value is -0.780. The molecule has 0 aliphatic rings. The van der Waals surface area contributed by atoms with Crippen molar-refractivity contribution in [2.45, 2.75) is 6.54 Å². The Morgan fingerprint density at radius 2 is 2.33 bits per heavy atom. The maximum atomic E-state index is 4.44. The second-order valence-electron chi connectivity index (χ2n) is 3.05. The lowest BCUT2D eigenvalue weighted by atomic mass is 10.2. The molecule has 0 atom stereocenters. The van der Waals surface area contributed by atoms with Gasteiger partial charge < -0.3 is 5.32 Å². The van der Waals surface area contributed by atoms with Crippen molar-refractivity contribution in [2.75, 3.05) is 7.05 Å². The van der Waals surface area contributed by atoms with Crippen molar-refractivity contribution in [1.82, 2.24) is 14.7 Å². The standard InChI is InChI=1S/C10H10BrN3S/c1-12-6-9-13-10(14-15-9)7-3-2-4-8(11)5-7/h2-5,12H,6H2,1H3. The lowest BCUT2D eigenvalue weighted by Crippen LogP contribution is -2.04. The van der Waals surface area contributed by atoms with Gasteiger partial charge in [-0.15, -0.1) is 0 Å². The largest absolute Gasteiger partial charge is 0.314 e. The molecule has 0 saturated heterocycles. The molecule has 0 radical (unpaired) electrons. The van der Waals surface area contributed by atoms with E-state index in [-0.39, 0.29) is 0 Å². The van der Waals surface area contributed by atoms with Crippen molar-refractivity contribution in [2.24, 2.45) is 0 Å². The van der Waals surface area contributed by atoms with E-state index in [1.807, 2.05) is 31.3 Å². The fraction of sp³-hybridized carbons (Fsp3) is 0.200. The fourth-order valence-corrected chi connectivity index (χ4v) is 2.30. The van der Waals surface area contributed by atoms with Gasteiger partial charge in [-0.25, -0.2) is 4.98 Å². The van der Waals surface area contributed by atoms with E-state index in [1.165, 1.54) is 11.5 Å². The minimum absolute atomic E-state index is 0.770. The van der Waals surface area contributed by atoms with Crippen LogP contribution in [0.4, 0.5) is 0 Å². The summed E-state index contributed by atoms with van der Waals surface area (Å²) in [5.41, 5.74) is 1.04. The van der Waals surface area contributed by atoms with Crippen LogP contribution in [0.2, 0.25) is 0 Å². The van der Waals surface area contributed by atoms with Crippen LogP contribution in [-0.2, 0) is 6.54 Å². The minimum Gasteiger partial charge on any atom is -0.314 e. The average molecular weight is 284 g/mol. The molecule has 0 bridgehead atoms. The van der Waals surface area contributed by atoms with Gasteiger partial charge in [-0.3, -0.25) is 0 Å². The first kappa shape index (κ1) is 10.7. The Balaban J connectivity index is 2.29. The molecule has 3 nitrogen and oxygen atoms in total. The quantitative estimate of drug-likeness (QED) is 0.941. The number of benzene rings is 1. The third kappa shape index (κ3) is 2.62. The number of nitrogens with one attached hydrogen (secondary N) is 1. The van der Waals surface area contributed by atoms with E-state index in [0.29, 0.717) is 0 Å². The molecule has 0 saturated carbocycles. The van der Waals surface area contributed by atoms with E-state index < -0.39 is 0 Å². The Labute approximate surface area is 101 Å². The maximum Gasteiger partial charge on any atom is 0.173 e. The first-order chi connectivity index (χ1) is 7.29. The molecule has 1 aromatic heterocycles. The molecular weight excluding hydrogens is 274 g/mol. The van der Waals surface area contributed by atoms with Gasteiger partial charge in [0.2, 0.25) is 0 Å². The molecule has 0 unspecified atom stereocenters. The Morgan fingerprint density at radius 3 is 3.07 bits per heavy atom. The van der Waals surface area contributed by atoms with E-state index in [2.05, 4.69) is 30.6 Å². The predicted molar refractivity (Wildman–Crippen MR) is 65.8 cm³/mol. The normalized spacial score (nSPS) is 10.5. The zero-order chi connectivity index (χ0) is 10.7. The smallest absolute Gasteiger partial charge is 0.173 e. The van der Waals surface area contributed by atoms with E-state index in [4.69, 9.17) is 0 Å². The zero-order valence-electron chi connectivity index (χ0n) is 8.20. The number of hydrogen-bond acceptors (Lipinski definition) is 4. The maximum absolute atomic E-state index is 4.44. The number of rotatable bonds is 3. The average Bonchev–Trinajstić information content (AvgIpc) is 2.67. The van der Waals surface area contributed by atoms with Crippen LogP contribution in [0.1, 0.15) is 5.01 Å². The van der Waals surface area contributed by atoms with Gasteiger partial charge in [-0.05, 0) is 30.7 Å². The molecule has 0 aliphatic heterocycles. The molecule has 2 aromatic rings. The molecule has 1 heterocycles. The summed E-state index contributed by atoms with van der Waals surface area (Å²) in [5.74, 6) is 0.798. The second kappa shape index (κ2) is 4.83. The van der Waals surface area contributed by atoms with Crippen LogP contribution < -0.4 is 5.32 Å². The topological polar surface area (TPSA) is 37.8 Å². The van der Waals surface area contributed by atoms with Crippen LogP contribution in [-0.4, -0.2) is 16.4 Å². The minimum atomic E-state index is 0.770. The van der Waals surface area contributed by atoms with Crippen molar-refractivity contribution < 1.29 is 0 Å². The lowest BCUT2D eigenvalue weighted by molar-refractivity contribution is 0.810. The van der Waals surface area contributed by atoms with Gasteiger partial charge in [0.1, 0.15) is 5.01 Å². The predicted octanol–water partition coefficient (Wildman–Crippen LogP) is 2.69. The summed E-state index contributed by atoms with van der Waals surface area (Å²) in [6.45, 7) is 0.770. The van der Waals surface area contributed by atoms with Crippen LogP contribution in [0, 0.1) is 0 Å². The summed E-state index contributed by atoms with van der Waals surface area (Å²) in [6.07, 6.45) is 0. The van der Waals surface area contributed by atoms with Gasteiger partial charge in [0, 0.05) is 16.6 Å². The molecule has 0 fully saturated rings. The first-order valence-corrected chi connectivity index (χ1v) is 6.09. The van der Waals surface area contributed by atoms with Crippen molar-refractivity contribution >= 4 is 27.5 Å². The molecule has 78 valence electrons. The summed E-state index contributed by atoms with van der Waals surface area (Å²) < 4.78 is 5.36. The van der Waals surface area contributed by atoms with Gasteiger partial charge in [0.25, 0.3) is 0 Å². The van der Waals surface area contributed by atoms with Gasteiger partial charge in [0.15, 0.2) is 5.82 Å². The third-order valence-electron chi connectivity index (χ3n) is 1.88. The van der Waals surface area contributed by atoms with E-state index in [0.717, 1.165) is 27.4 Å². The fourth-order valence-electron chi connectivity index (χ4n) is 1.22. The number of hydrogen-bond donors (Lipinski definition) is 1. The van der Waals surface area contributed by atoms with Crippen molar-refractivity contribution in [3.8, 4) is 11.4 Å². The van der Waals surface area contributed by atoms with Crippen LogP contribution in [0.3, 0.4) is 0 Å². The molecular formula is C10H10BrN3S. The summed E-state index contributed by atoms with van der Waals surface area (Å²) in [6, 6.07) is 8.00. The van der Waals surface area contributed by atoms with Crippen LogP contribution >= 0.6 is 27.5 Å². The van der Waals surface area contributed by atoms with E-state index in [1.54, 1.807) is 0 Å². The second-order valence-corrected chi connectivity index (χ2v) is 4.80. The molecule has 1 N–H and O–H groups in total. The van der Waals surface area contributed by atoms with Crippen LogP contribution in [0.5, 0.6) is 0 Å². The highest BCUT2D eigenvalue weighted by molar-refractivity contribution is 9.10. The Morgan fingerprint density at radius 1 is 1.47 bits per heavy atom. The number of halogens is 1. The van der Waals surface area contributed by atoms with Gasteiger partial charge in [-0.2, -0.15) is 4.37 Å². The summed E-state index contributed by atoms with van der Waals surface area (Å²) >= 11 is 4.87. The van der Waals surface area contributed by atoms with Crippen molar-refractivity contribution in [3.63, 3.8) is 0 Å². The van der Waals surface area contributed by atoms with E-state index >= 15 is 0 Å². The van der Waals surface area contributed by atoms with Gasteiger partial charge in [0.05, 0.1) is 0 Å². The molecule has 15 heavy (non-hydrogen) atoms. The van der Waals surface area contributed by atoms with Crippen molar-refractivity contribution in [3.05, 3.63) is 33.7 Å². The van der Waals surface area contributed by atoms with Gasteiger partial charge >= 0.3 is 0 Å². The van der Waals surface area contributed by atoms with Crippen LogP contribution in [0.25, 0.3) is 11.4 Å².